The fourth-order valence-electron chi connectivity index (χ4n) is 1.91. The second-order valence-corrected chi connectivity index (χ2v) is 6.61. The highest BCUT2D eigenvalue weighted by Crippen LogP contribution is 2.32. The maximum Gasteiger partial charge on any atom is 0.296 e. The Morgan fingerprint density at radius 1 is 1.33 bits per heavy atom. The number of carbonyl (C=O) groups is 1. The molecule has 1 N–H and O–H groups in total. The summed E-state index contributed by atoms with van der Waals surface area (Å²) in [6, 6.07) is 11.4. The molecule has 0 bridgehead atoms. The Balaban J connectivity index is 2.14. The van der Waals surface area contributed by atoms with Gasteiger partial charge in [-0.3, -0.25) is 14.9 Å². The summed E-state index contributed by atoms with van der Waals surface area (Å²) in [4.78, 5) is 23.7. The summed E-state index contributed by atoms with van der Waals surface area (Å²) >= 11 is 7.36. The van der Waals surface area contributed by atoms with Crippen molar-refractivity contribution in [2.75, 3.05) is 12.4 Å². The van der Waals surface area contributed by atoms with E-state index in [1.165, 1.54) is 31.0 Å². The number of methoxy groups -OCH3 is 1. The maximum atomic E-state index is 12.3. The molecule has 1 atom stereocenters. The molecule has 6 nitrogen and oxygen atoms in total. The van der Waals surface area contributed by atoms with Crippen molar-refractivity contribution in [3.05, 3.63) is 57.6 Å². The van der Waals surface area contributed by atoms with Gasteiger partial charge in [0, 0.05) is 4.90 Å². The predicted octanol–water partition coefficient (Wildman–Crippen LogP) is 4.38. The molecular weight excluding hydrogens is 352 g/mol. The molecule has 0 aliphatic heterocycles. The number of amides is 1. The summed E-state index contributed by atoms with van der Waals surface area (Å²) in [7, 11) is 1.42. The van der Waals surface area contributed by atoms with Gasteiger partial charge in [-0.05, 0) is 31.2 Å². The Bertz CT molecular complexity index is 769. The van der Waals surface area contributed by atoms with Gasteiger partial charge < -0.3 is 10.1 Å². The lowest BCUT2D eigenvalue weighted by Gasteiger charge is -2.13. The van der Waals surface area contributed by atoms with Crippen molar-refractivity contribution in [3.63, 3.8) is 0 Å². The molecule has 0 aromatic heterocycles. The van der Waals surface area contributed by atoms with Gasteiger partial charge in [0.1, 0.15) is 11.4 Å². The molecule has 0 aliphatic rings. The molecule has 24 heavy (non-hydrogen) atoms. The maximum absolute atomic E-state index is 12.3. The van der Waals surface area contributed by atoms with Gasteiger partial charge in [0.25, 0.3) is 5.69 Å². The largest absolute Gasteiger partial charge is 0.496 e. The van der Waals surface area contributed by atoms with Gasteiger partial charge in [-0.25, -0.2) is 0 Å². The number of thioether (sulfide) groups is 1. The summed E-state index contributed by atoms with van der Waals surface area (Å²) in [6.07, 6.45) is 0. The normalized spacial score (nSPS) is 11.6. The predicted molar refractivity (Wildman–Crippen MR) is 95.0 cm³/mol. The van der Waals surface area contributed by atoms with Crippen LogP contribution in [-0.4, -0.2) is 23.2 Å². The first kappa shape index (κ1) is 18.1. The molecular formula is C16H15ClN2O4S. The number of hydrogen-bond donors (Lipinski definition) is 1. The number of nitrogens with one attached hydrogen (secondary N) is 1. The van der Waals surface area contributed by atoms with Gasteiger partial charge in [-0.2, -0.15) is 0 Å². The van der Waals surface area contributed by atoms with Gasteiger partial charge in [0.15, 0.2) is 0 Å². The number of hydrogen-bond acceptors (Lipinski definition) is 5. The van der Waals surface area contributed by atoms with Crippen LogP contribution in [0, 0.1) is 10.1 Å². The zero-order chi connectivity index (χ0) is 17.7. The molecule has 126 valence electrons. The topological polar surface area (TPSA) is 81.5 Å². The number of benzene rings is 2. The van der Waals surface area contributed by atoms with E-state index in [1.54, 1.807) is 25.1 Å². The standard InChI is InChI=1S/C16H15ClN2O4S/c1-10(24-15-6-4-3-5-12(15)17)16(20)18-13-8-7-11(23-2)9-14(13)19(21)22/h3-10H,1-2H3,(H,18,20)/t10-/m1/s1. The van der Waals surface area contributed by atoms with Crippen LogP contribution in [0.3, 0.4) is 0 Å². The summed E-state index contributed by atoms with van der Waals surface area (Å²) < 4.78 is 4.97. The van der Waals surface area contributed by atoms with Crippen molar-refractivity contribution >= 4 is 40.6 Å². The number of halogens is 1. The van der Waals surface area contributed by atoms with Gasteiger partial charge in [-0.15, -0.1) is 11.8 Å². The van der Waals surface area contributed by atoms with Crippen molar-refractivity contribution in [2.24, 2.45) is 0 Å². The summed E-state index contributed by atoms with van der Waals surface area (Å²) in [5.41, 5.74) is -0.102. The van der Waals surface area contributed by atoms with Crippen LogP contribution in [0.1, 0.15) is 6.92 Å². The smallest absolute Gasteiger partial charge is 0.296 e. The van der Waals surface area contributed by atoms with Crippen molar-refractivity contribution in [1.82, 2.24) is 0 Å². The van der Waals surface area contributed by atoms with Crippen LogP contribution in [0.2, 0.25) is 5.02 Å². The Morgan fingerprint density at radius 3 is 2.67 bits per heavy atom. The Morgan fingerprint density at radius 2 is 2.04 bits per heavy atom. The van der Waals surface area contributed by atoms with Crippen LogP contribution >= 0.6 is 23.4 Å². The Hall–Kier alpha value is -2.25. The molecule has 0 saturated carbocycles. The van der Waals surface area contributed by atoms with Gasteiger partial charge in [0.2, 0.25) is 5.91 Å². The average molecular weight is 367 g/mol. The number of nitro benzene ring substituents is 1. The monoisotopic (exact) mass is 366 g/mol. The van der Waals surface area contributed by atoms with Crippen LogP contribution in [0.15, 0.2) is 47.4 Å². The SMILES string of the molecule is COc1ccc(NC(=O)[C@@H](C)Sc2ccccc2Cl)c([N+](=O)[O-])c1. The van der Waals surface area contributed by atoms with Crippen molar-refractivity contribution in [3.8, 4) is 5.75 Å². The number of ether oxygens (including phenoxy) is 1. The van der Waals surface area contributed by atoms with Crippen LogP contribution in [0.25, 0.3) is 0 Å². The fraction of sp³-hybridized carbons (Fsp3) is 0.188. The van der Waals surface area contributed by atoms with Gasteiger partial charge in [0.05, 0.1) is 28.4 Å². The second-order valence-electron chi connectivity index (χ2n) is 4.82. The first-order chi connectivity index (χ1) is 11.4. The first-order valence-corrected chi connectivity index (χ1v) is 8.22. The first-order valence-electron chi connectivity index (χ1n) is 6.97. The van der Waals surface area contributed by atoms with E-state index in [-0.39, 0.29) is 17.3 Å². The Labute approximate surface area is 148 Å². The molecule has 0 heterocycles. The number of rotatable bonds is 6. The van der Waals surface area contributed by atoms with E-state index in [0.29, 0.717) is 10.8 Å². The molecule has 0 fully saturated rings. The van der Waals surface area contributed by atoms with Crippen LogP contribution in [0.5, 0.6) is 5.75 Å². The Kier molecular flexibility index (Phi) is 6.05. The third kappa shape index (κ3) is 4.39. The van der Waals surface area contributed by atoms with E-state index >= 15 is 0 Å². The minimum absolute atomic E-state index is 0.123. The molecule has 0 radical (unpaired) electrons. The summed E-state index contributed by atoms with van der Waals surface area (Å²) in [5.74, 6) is -0.00798. The lowest BCUT2D eigenvalue weighted by Crippen LogP contribution is -2.22. The van der Waals surface area contributed by atoms with E-state index in [2.05, 4.69) is 5.32 Å². The summed E-state index contributed by atoms with van der Waals surface area (Å²) in [5, 5.41) is 13.8. The van der Waals surface area contributed by atoms with Gasteiger partial charge in [-0.1, -0.05) is 23.7 Å². The number of anilines is 1. The molecule has 2 rings (SSSR count). The minimum atomic E-state index is -0.565. The molecule has 2 aromatic carbocycles. The van der Waals surface area contributed by atoms with E-state index in [9.17, 15) is 14.9 Å². The molecule has 0 aliphatic carbocycles. The van der Waals surface area contributed by atoms with E-state index in [0.717, 1.165) is 4.90 Å². The zero-order valence-corrected chi connectivity index (χ0v) is 14.6. The molecule has 8 heteroatoms. The molecule has 1 amide bonds. The highest BCUT2D eigenvalue weighted by atomic mass is 35.5. The van der Waals surface area contributed by atoms with Crippen LogP contribution in [0.4, 0.5) is 11.4 Å². The fourth-order valence-corrected chi connectivity index (χ4v) is 3.07. The molecule has 0 unspecified atom stereocenters. The van der Waals surface area contributed by atoms with Crippen LogP contribution in [-0.2, 0) is 4.79 Å². The highest BCUT2D eigenvalue weighted by molar-refractivity contribution is 8.00. The van der Waals surface area contributed by atoms with E-state index in [1.807, 2.05) is 12.1 Å². The highest BCUT2D eigenvalue weighted by Gasteiger charge is 2.21. The molecule has 0 spiro atoms. The van der Waals surface area contributed by atoms with E-state index in [4.69, 9.17) is 16.3 Å². The second kappa shape index (κ2) is 8.03. The number of nitrogens with zero attached hydrogens (tertiary/aromatic N) is 1. The van der Waals surface area contributed by atoms with Crippen molar-refractivity contribution in [2.45, 2.75) is 17.1 Å². The molecule has 0 saturated heterocycles. The summed E-state index contributed by atoms with van der Waals surface area (Å²) in [6.45, 7) is 1.71. The average Bonchev–Trinajstić information content (AvgIpc) is 2.57. The number of nitro groups is 1. The van der Waals surface area contributed by atoms with Crippen LogP contribution < -0.4 is 10.1 Å². The zero-order valence-electron chi connectivity index (χ0n) is 13.0. The number of carbonyl (C=O) groups excluding carboxylic acids is 1. The van der Waals surface area contributed by atoms with Crippen molar-refractivity contribution in [1.29, 1.82) is 0 Å². The van der Waals surface area contributed by atoms with Crippen molar-refractivity contribution < 1.29 is 14.5 Å². The third-order valence-corrected chi connectivity index (χ3v) is 4.79. The third-order valence-electron chi connectivity index (χ3n) is 3.17. The quantitative estimate of drug-likeness (QED) is 0.466. The van der Waals surface area contributed by atoms with Gasteiger partial charge >= 0.3 is 0 Å². The molecule has 2 aromatic rings. The lowest BCUT2D eigenvalue weighted by atomic mass is 10.2. The lowest BCUT2D eigenvalue weighted by molar-refractivity contribution is -0.384. The van der Waals surface area contributed by atoms with E-state index < -0.39 is 10.2 Å². The minimum Gasteiger partial charge on any atom is -0.496 e.